The van der Waals surface area contributed by atoms with E-state index in [1.165, 1.54) is 0 Å². The second kappa shape index (κ2) is 4.52. The van der Waals surface area contributed by atoms with Crippen LogP contribution in [0.5, 0.6) is 0 Å². The number of halogens is 3. The summed E-state index contributed by atoms with van der Waals surface area (Å²) in [7, 11) is 0. The van der Waals surface area contributed by atoms with Gasteiger partial charge in [-0.3, -0.25) is 0 Å². The highest BCUT2D eigenvalue weighted by molar-refractivity contribution is 6.41. The van der Waals surface area contributed by atoms with E-state index >= 15 is 0 Å². The largest absolute Gasteiger partial charge is 0.301 e. The molecule has 3 rings (SSSR count). The molecule has 0 aromatic heterocycles. The Morgan fingerprint density at radius 3 is 2.79 bits per heavy atom. The zero-order valence-corrected chi connectivity index (χ0v) is 12.1. The second-order valence-electron chi connectivity index (χ2n) is 4.53. The van der Waals surface area contributed by atoms with Crippen LogP contribution in [0.3, 0.4) is 0 Å². The first-order valence-corrected chi connectivity index (χ1v) is 6.93. The Kier molecular flexibility index (Phi) is 3.09. The number of allylic oxidation sites excluding steroid dienone is 5. The molecule has 2 aliphatic carbocycles. The molecule has 0 N–H and O–H groups in total. The smallest absolute Gasteiger partial charge is 0.153 e. The molecule has 0 heterocycles. The number of hydrogen-bond acceptors (Lipinski definition) is 1. The summed E-state index contributed by atoms with van der Waals surface area (Å²) in [4.78, 5) is 10.4. The van der Waals surface area contributed by atoms with Gasteiger partial charge >= 0.3 is 0 Å². The van der Waals surface area contributed by atoms with Crippen molar-refractivity contribution in [2.24, 2.45) is 0 Å². The summed E-state index contributed by atoms with van der Waals surface area (Å²) in [6.45, 7) is 0. The van der Waals surface area contributed by atoms with E-state index in [0.717, 1.165) is 11.1 Å². The predicted molar refractivity (Wildman–Crippen MR) is 79.7 cm³/mol. The van der Waals surface area contributed by atoms with Gasteiger partial charge in [-0.1, -0.05) is 47.5 Å². The van der Waals surface area contributed by atoms with Gasteiger partial charge < -0.3 is 4.79 Å². The highest BCUT2D eigenvalue weighted by Gasteiger charge is 2.43. The number of benzene rings is 1. The number of hydrogen-bond donors (Lipinski definition) is 0. The summed E-state index contributed by atoms with van der Waals surface area (Å²) in [6.07, 6.45) is 7.14. The lowest BCUT2D eigenvalue weighted by molar-refractivity contribution is -0.109. The van der Waals surface area contributed by atoms with Gasteiger partial charge in [0.1, 0.15) is 6.29 Å². The summed E-state index contributed by atoms with van der Waals surface area (Å²) in [5.41, 5.74) is 3.09. The zero-order valence-electron chi connectivity index (χ0n) is 9.79. The van der Waals surface area contributed by atoms with Gasteiger partial charge in [0.15, 0.2) is 4.87 Å². The summed E-state index contributed by atoms with van der Waals surface area (Å²) in [5.74, 6) is 0. The summed E-state index contributed by atoms with van der Waals surface area (Å²) in [6, 6.07) is 5.47. The number of carbonyl (C=O) groups excluding carboxylic acids is 1. The molecule has 1 unspecified atom stereocenters. The quantitative estimate of drug-likeness (QED) is 0.536. The molecule has 0 amide bonds. The van der Waals surface area contributed by atoms with Crippen LogP contribution >= 0.6 is 34.8 Å². The normalized spacial score (nSPS) is 24.7. The minimum atomic E-state index is -1.31. The van der Waals surface area contributed by atoms with Crippen molar-refractivity contribution in [2.45, 2.75) is 11.3 Å². The van der Waals surface area contributed by atoms with Gasteiger partial charge in [0.05, 0.1) is 0 Å². The van der Waals surface area contributed by atoms with E-state index in [0.29, 0.717) is 33.9 Å². The van der Waals surface area contributed by atoms with Crippen LogP contribution in [-0.2, 0) is 9.67 Å². The molecule has 1 aromatic carbocycles. The maximum Gasteiger partial charge on any atom is 0.153 e. The average Bonchev–Trinajstić information content (AvgIpc) is 2.38. The number of fused-ring (bicyclic) bond motifs is 2. The minimum Gasteiger partial charge on any atom is -0.301 e. The SMILES string of the molecule is O=CC1(Cl)C2=C(Cl)C=CCC2=Cc2cccc(Cl)c21. The van der Waals surface area contributed by atoms with Gasteiger partial charge in [-0.05, 0) is 29.7 Å². The van der Waals surface area contributed by atoms with E-state index in [2.05, 4.69) is 0 Å². The maximum atomic E-state index is 11.7. The van der Waals surface area contributed by atoms with Gasteiger partial charge in [0.25, 0.3) is 0 Å². The zero-order chi connectivity index (χ0) is 13.6. The fraction of sp³-hybridized carbons (Fsp3) is 0.133. The van der Waals surface area contributed by atoms with Crippen LogP contribution in [0.1, 0.15) is 17.5 Å². The predicted octanol–water partition coefficient (Wildman–Crippen LogP) is 4.82. The van der Waals surface area contributed by atoms with Crippen molar-refractivity contribution in [1.82, 2.24) is 0 Å². The molecule has 1 atom stereocenters. The van der Waals surface area contributed by atoms with E-state index in [9.17, 15) is 4.79 Å². The molecule has 2 aliphatic rings. The first kappa shape index (κ1) is 13.0. The van der Waals surface area contributed by atoms with E-state index in [-0.39, 0.29) is 0 Å². The number of carbonyl (C=O) groups is 1. The molecule has 96 valence electrons. The molecule has 0 radical (unpaired) electrons. The summed E-state index contributed by atoms with van der Waals surface area (Å²) in [5, 5.41) is 0.964. The molecule has 0 bridgehead atoms. The lowest BCUT2D eigenvalue weighted by Crippen LogP contribution is -2.30. The third kappa shape index (κ3) is 1.80. The molecular weight excluding hydrogens is 303 g/mol. The van der Waals surface area contributed by atoms with Crippen LogP contribution in [0.15, 0.2) is 46.5 Å². The van der Waals surface area contributed by atoms with E-state index in [1.807, 2.05) is 24.3 Å². The maximum absolute atomic E-state index is 11.7. The van der Waals surface area contributed by atoms with Crippen LogP contribution in [0.4, 0.5) is 0 Å². The fourth-order valence-corrected chi connectivity index (χ4v) is 3.86. The Bertz CT molecular complexity index is 670. The van der Waals surface area contributed by atoms with Crippen molar-refractivity contribution in [2.75, 3.05) is 0 Å². The Balaban J connectivity index is 2.41. The molecule has 0 aliphatic heterocycles. The van der Waals surface area contributed by atoms with E-state index in [1.54, 1.807) is 12.1 Å². The standard InChI is InChI=1S/C15H9Cl3O/c16-11-5-1-3-9-7-10-4-2-6-12(17)14(10)15(18,8-19)13(9)11/h1-3,5-8H,4H2. The topological polar surface area (TPSA) is 17.1 Å². The van der Waals surface area contributed by atoms with Crippen LogP contribution in [0.2, 0.25) is 5.02 Å². The van der Waals surface area contributed by atoms with Crippen molar-refractivity contribution < 1.29 is 4.79 Å². The molecule has 1 aromatic rings. The number of alkyl halides is 1. The monoisotopic (exact) mass is 310 g/mol. The van der Waals surface area contributed by atoms with Gasteiger partial charge in [-0.25, -0.2) is 0 Å². The Hall–Kier alpha value is -1.02. The number of rotatable bonds is 1. The van der Waals surface area contributed by atoms with Crippen molar-refractivity contribution in [3.8, 4) is 0 Å². The number of aldehydes is 1. The molecule has 0 saturated carbocycles. The van der Waals surface area contributed by atoms with Crippen molar-refractivity contribution >= 4 is 47.2 Å². The highest BCUT2D eigenvalue weighted by atomic mass is 35.5. The van der Waals surface area contributed by atoms with Gasteiger partial charge in [-0.15, -0.1) is 11.6 Å². The van der Waals surface area contributed by atoms with Crippen molar-refractivity contribution in [3.05, 3.63) is 62.7 Å². The highest BCUT2D eigenvalue weighted by Crippen LogP contribution is 2.51. The molecule has 0 spiro atoms. The van der Waals surface area contributed by atoms with Gasteiger partial charge in [0, 0.05) is 21.2 Å². The Labute approximate surface area is 126 Å². The molecule has 0 fully saturated rings. The van der Waals surface area contributed by atoms with Gasteiger partial charge in [0.2, 0.25) is 0 Å². The third-order valence-electron chi connectivity index (χ3n) is 3.43. The van der Waals surface area contributed by atoms with Crippen LogP contribution in [-0.4, -0.2) is 6.29 Å². The molecule has 4 heteroatoms. The minimum absolute atomic E-state index is 0.474. The van der Waals surface area contributed by atoms with Crippen molar-refractivity contribution in [1.29, 1.82) is 0 Å². The summed E-state index contributed by atoms with van der Waals surface area (Å²) < 4.78 is 0. The van der Waals surface area contributed by atoms with Gasteiger partial charge in [-0.2, -0.15) is 0 Å². The fourth-order valence-electron chi connectivity index (χ4n) is 2.64. The van der Waals surface area contributed by atoms with Crippen molar-refractivity contribution in [3.63, 3.8) is 0 Å². The molecule has 1 nitrogen and oxygen atoms in total. The third-order valence-corrected chi connectivity index (χ3v) is 4.52. The second-order valence-corrected chi connectivity index (χ2v) is 5.94. The average molecular weight is 312 g/mol. The Morgan fingerprint density at radius 1 is 1.26 bits per heavy atom. The van der Waals surface area contributed by atoms with Crippen LogP contribution in [0, 0.1) is 0 Å². The Morgan fingerprint density at radius 2 is 2.05 bits per heavy atom. The lowest BCUT2D eigenvalue weighted by atomic mass is 9.76. The summed E-state index contributed by atoms with van der Waals surface area (Å²) >= 11 is 19.1. The lowest BCUT2D eigenvalue weighted by Gasteiger charge is -2.34. The molecule has 0 saturated heterocycles. The van der Waals surface area contributed by atoms with Crippen LogP contribution < -0.4 is 0 Å². The van der Waals surface area contributed by atoms with Crippen LogP contribution in [0.25, 0.3) is 6.08 Å². The molecule has 19 heavy (non-hydrogen) atoms. The first-order valence-electron chi connectivity index (χ1n) is 5.80. The van der Waals surface area contributed by atoms with E-state index in [4.69, 9.17) is 34.8 Å². The first-order chi connectivity index (χ1) is 9.08. The molecular formula is C15H9Cl3O. The van der Waals surface area contributed by atoms with E-state index < -0.39 is 4.87 Å².